The van der Waals surface area contributed by atoms with E-state index in [2.05, 4.69) is 0 Å². The number of methoxy groups -OCH3 is 1. The normalized spacial score (nSPS) is 13.8. The van der Waals surface area contributed by atoms with E-state index in [-0.39, 0.29) is 12.5 Å². The molecule has 2 N–H and O–H groups in total. The molecule has 0 aromatic heterocycles. The molecule has 100 valence electrons. The van der Waals surface area contributed by atoms with Crippen molar-refractivity contribution in [1.82, 2.24) is 0 Å². The molecule has 0 saturated heterocycles. The Morgan fingerprint density at radius 2 is 1.58 bits per heavy atom. The van der Waals surface area contributed by atoms with Gasteiger partial charge in [-0.3, -0.25) is 0 Å². The highest BCUT2D eigenvalue weighted by Gasteiger charge is 2.21. The van der Waals surface area contributed by atoms with E-state index < -0.39 is 6.10 Å². The van der Waals surface area contributed by atoms with Gasteiger partial charge >= 0.3 is 0 Å². The summed E-state index contributed by atoms with van der Waals surface area (Å²) in [7, 11) is 1.60. The van der Waals surface area contributed by atoms with Gasteiger partial charge in [0.15, 0.2) is 0 Å². The first-order valence-corrected chi connectivity index (χ1v) is 6.24. The molecule has 19 heavy (non-hydrogen) atoms. The molecular formula is C16H18O3. The minimum atomic E-state index is -0.738. The number of hydrogen-bond donors (Lipinski definition) is 2. The zero-order valence-electron chi connectivity index (χ0n) is 10.9. The average Bonchev–Trinajstić information content (AvgIpc) is 2.49. The van der Waals surface area contributed by atoms with Crippen LogP contribution in [-0.2, 0) is 0 Å². The minimum Gasteiger partial charge on any atom is -0.497 e. The van der Waals surface area contributed by atoms with Crippen molar-refractivity contribution >= 4 is 0 Å². The van der Waals surface area contributed by atoms with Gasteiger partial charge in [-0.05, 0) is 23.3 Å². The summed E-state index contributed by atoms with van der Waals surface area (Å²) in [5.41, 5.74) is 1.69. The topological polar surface area (TPSA) is 49.7 Å². The summed E-state index contributed by atoms with van der Waals surface area (Å²) < 4.78 is 5.09. The Hall–Kier alpha value is -1.84. The van der Waals surface area contributed by atoms with Crippen LogP contribution in [-0.4, -0.2) is 23.9 Å². The fourth-order valence-corrected chi connectivity index (χ4v) is 2.12. The molecule has 2 unspecified atom stereocenters. The van der Waals surface area contributed by atoms with Gasteiger partial charge in [0.05, 0.1) is 19.8 Å². The monoisotopic (exact) mass is 258 g/mol. The summed E-state index contributed by atoms with van der Waals surface area (Å²) in [5, 5.41) is 19.9. The molecule has 0 amide bonds. The standard InChI is InChI=1S/C16H18O3/c1-19-14-9-7-13(8-10-14)16(18)15(11-17)12-5-3-2-4-6-12/h2-10,15-18H,11H2,1H3. The second-order valence-electron chi connectivity index (χ2n) is 4.42. The van der Waals surface area contributed by atoms with Crippen LogP contribution in [0.3, 0.4) is 0 Å². The van der Waals surface area contributed by atoms with Crippen molar-refractivity contribution in [3.8, 4) is 5.75 Å². The van der Waals surface area contributed by atoms with Crippen LogP contribution in [0.1, 0.15) is 23.1 Å². The van der Waals surface area contributed by atoms with Crippen LogP contribution >= 0.6 is 0 Å². The van der Waals surface area contributed by atoms with E-state index >= 15 is 0 Å². The van der Waals surface area contributed by atoms with E-state index in [0.29, 0.717) is 0 Å². The molecule has 2 rings (SSSR count). The van der Waals surface area contributed by atoms with Crippen molar-refractivity contribution in [2.45, 2.75) is 12.0 Å². The molecule has 2 aromatic carbocycles. The molecular weight excluding hydrogens is 240 g/mol. The first-order valence-electron chi connectivity index (χ1n) is 6.24. The lowest BCUT2D eigenvalue weighted by Gasteiger charge is -2.22. The van der Waals surface area contributed by atoms with Crippen molar-refractivity contribution < 1.29 is 14.9 Å². The summed E-state index contributed by atoms with van der Waals surface area (Å²) >= 11 is 0. The van der Waals surface area contributed by atoms with Gasteiger partial charge in [-0.25, -0.2) is 0 Å². The Morgan fingerprint density at radius 1 is 0.947 bits per heavy atom. The third-order valence-corrected chi connectivity index (χ3v) is 3.26. The molecule has 0 saturated carbocycles. The van der Waals surface area contributed by atoms with Gasteiger partial charge in [-0.2, -0.15) is 0 Å². The van der Waals surface area contributed by atoms with Gasteiger partial charge in [-0.15, -0.1) is 0 Å². The van der Waals surface area contributed by atoms with Crippen LogP contribution in [0.5, 0.6) is 5.75 Å². The number of ether oxygens (including phenoxy) is 1. The number of benzene rings is 2. The Balaban J connectivity index is 2.22. The molecule has 0 heterocycles. The molecule has 0 aliphatic carbocycles. The van der Waals surface area contributed by atoms with Crippen LogP contribution in [0.2, 0.25) is 0 Å². The fraction of sp³-hybridized carbons (Fsp3) is 0.250. The molecule has 0 bridgehead atoms. The summed E-state index contributed by atoms with van der Waals surface area (Å²) in [4.78, 5) is 0. The predicted octanol–water partition coefficient (Wildman–Crippen LogP) is 2.50. The van der Waals surface area contributed by atoms with Crippen LogP contribution in [0.15, 0.2) is 54.6 Å². The van der Waals surface area contributed by atoms with Gasteiger partial charge in [-0.1, -0.05) is 42.5 Å². The van der Waals surface area contributed by atoms with E-state index in [4.69, 9.17) is 4.74 Å². The highest BCUT2D eigenvalue weighted by Crippen LogP contribution is 2.31. The fourth-order valence-electron chi connectivity index (χ4n) is 2.12. The minimum absolute atomic E-state index is 0.1000. The van der Waals surface area contributed by atoms with E-state index in [1.807, 2.05) is 42.5 Å². The largest absolute Gasteiger partial charge is 0.497 e. The van der Waals surface area contributed by atoms with Gasteiger partial charge in [0.1, 0.15) is 5.75 Å². The molecule has 2 aromatic rings. The van der Waals surface area contributed by atoms with Gasteiger partial charge < -0.3 is 14.9 Å². The molecule has 0 fully saturated rings. The van der Waals surface area contributed by atoms with Crippen LogP contribution in [0.4, 0.5) is 0 Å². The summed E-state index contributed by atoms with van der Waals surface area (Å²) in [6.07, 6.45) is -0.738. The van der Waals surface area contributed by atoms with Crippen LogP contribution in [0.25, 0.3) is 0 Å². The molecule has 3 nitrogen and oxygen atoms in total. The number of aliphatic hydroxyl groups is 2. The van der Waals surface area contributed by atoms with Crippen LogP contribution in [0, 0.1) is 0 Å². The first kappa shape index (κ1) is 13.6. The highest BCUT2D eigenvalue weighted by atomic mass is 16.5. The van der Waals surface area contributed by atoms with E-state index in [9.17, 15) is 10.2 Å². The van der Waals surface area contributed by atoms with Gasteiger partial charge in [0.25, 0.3) is 0 Å². The molecule has 3 heteroatoms. The smallest absolute Gasteiger partial charge is 0.118 e. The summed E-state index contributed by atoms with van der Waals surface area (Å²) in [6, 6.07) is 16.8. The number of aliphatic hydroxyl groups excluding tert-OH is 2. The van der Waals surface area contributed by atoms with Crippen molar-refractivity contribution in [3.63, 3.8) is 0 Å². The third-order valence-electron chi connectivity index (χ3n) is 3.26. The van der Waals surface area contributed by atoms with E-state index in [1.165, 1.54) is 0 Å². The molecule has 2 atom stereocenters. The Kier molecular flexibility index (Phi) is 4.55. The molecule has 0 radical (unpaired) electrons. The Labute approximate surface area is 113 Å². The van der Waals surface area contributed by atoms with Crippen molar-refractivity contribution in [2.24, 2.45) is 0 Å². The lowest BCUT2D eigenvalue weighted by atomic mass is 9.90. The predicted molar refractivity (Wildman–Crippen MR) is 74.2 cm³/mol. The quantitative estimate of drug-likeness (QED) is 0.866. The summed E-state index contributed by atoms with van der Waals surface area (Å²) in [6.45, 7) is -0.1000. The maximum Gasteiger partial charge on any atom is 0.118 e. The number of hydrogen-bond acceptors (Lipinski definition) is 3. The maximum atomic E-state index is 10.4. The zero-order valence-corrected chi connectivity index (χ0v) is 10.9. The second kappa shape index (κ2) is 6.36. The van der Waals surface area contributed by atoms with E-state index in [1.54, 1.807) is 19.2 Å². The Bertz CT molecular complexity index is 493. The molecule has 0 aliphatic heterocycles. The lowest BCUT2D eigenvalue weighted by Crippen LogP contribution is -2.14. The average molecular weight is 258 g/mol. The van der Waals surface area contributed by atoms with Crippen LogP contribution < -0.4 is 4.74 Å². The second-order valence-corrected chi connectivity index (χ2v) is 4.42. The third kappa shape index (κ3) is 3.13. The summed E-state index contributed by atoms with van der Waals surface area (Å²) in [5.74, 6) is 0.422. The lowest BCUT2D eigenvalue weighted by molar-refractivity contribution is 0.107. The zero-order chi connectivity index (χ0) is 13.7. The van der Waals surface area contributed by atoms with E-state index in [0.717, 1.165) is 16.9 Å². The van der Waals surface area contributed by atoms with Crippen molar-refractivity contribution in [2.75, 3.05) is 13.7 Å². The molecule has 0 aliphatic rings. The van der Waals surface area contributed by atoms with Gasteiger partial charge in [0, 0.05) is 5.92 Å². The highest BCUT2D eigenvalue weighted by molar-refractivity contribution is 5.31. The Morgan fingerprint density at radius 3 is 2.11 bits per heavy atom. The van der Waals surface area contributed by atoms with Crippen molar-refractivity contribution in [1.29, 1.82) is 0 Å². The first-order chi connectivity index (χ1) is 9.26. The van der Waals surface area contributed by atoms with Gasteiger partial charge in [0.2, 0.25) is 0 Å². The SMILES string of the molecule is COc1ccc(C(O)C(CO)c2ccccc2)cc1. The number of rotatable bonds is 5. The maximum absolute atomic E-state index is 10.4. The molecule has 0 spiro atoms. The van der Waals surface area contributed by atoms with Crippen molar-refractivity contribution in [3.05, 3.63) is 65.7 Å².